The van der Waals surface area contributed by atoms with E-state index in [-0.39, 0.29) is 0 Å². The Morgan fingerprint density at radius 1 is 1.00 bits per heavy atom. The Balaban J connectivity index is 2.01. The molecule has 37 heavy (non-hydrogen) atoms. The van der Waals surface area contributed by atoms with Crippen LogP contribution < -0.4 is 30.8 Å². The van der Waals surface area contributed by atoms with Crippen molar-refractivity contribution in [2.75, 3.05) is 12.8 Å². The highest BCUT2D eigenvalue weighted by molar-refractivity contribution is 7.69. The fraction of sp³-hybridized carbons (Fsp3) is 0.583. The number of ether oxygens (including phenoxy) is 1. The maximum atomic E-state index is 11.8. The number of H-pyrrole nitrogens is 1. The van der Waals surface area contributed by atoms with Crippen LogP contribution in [-0.4, -0.2) is 61.9 Å². The largest absolute Gasteiger partial charge is 0.778 e. The van der Waals surface area contributed by atoms with Crippen molar-refractivity contribution < 1.29 is 80.1 Å². The first-order chi connectivity index (χ1) is 16.7. The van der Waals surface area contributed by atoms with Gasteiger partial charge in [0.2, 0.25) is 0 Å². The summed E-state index contributed by atoms with van der Waals surface area (Å²) in [5.41, 5.74) is -1.89. The number of phosphoric ester groups is 1. The lowest BCUT2D eigenvalue weighted by Crippen LogP contribution is -2.37. The van der Waals surface area contributed by atoms with Gasteiger partial charge in [-0.05, 0) is 0 Å². The summed E-state index contributed by atoms with van der Waals surface area (Å²) in [6, 6.07) is 0.857. The number of carboxylic acids is 1. The predicted octanol–water partition coefficient (Wildman–Crippen LogP) is -4.34. The maximum absolute atomic E-state index is 11.8. The Bertz CT molecular complexity index is 1310. The quantitative estimate of drug-likeness (QED) is 0.152. The molecule has 2 rings (SSSR count). The molecule has 1 aliphatic heterocycles. The van der Waals surface area contributed by atoms with E-state index in [1.807, 2.05) is 4.98 Å². The number of carbonyl (C=O) groups is 1. The number of aliphatic carboxylic acids is 1. The van der Waals surface area contributed by atoms with E-state index >= 15 is 0 Å². The molecule has 1 fully saturated rings. The van der Waals surface area contributed by atoms with Crippen LogP contribution in [0, 0.1) is 0 Å². The van der Waals surface area contributed by atoms with Crippen LogP contribution in [0.15, 0.2) is 21.9 Å². The average molecular weight is 616 g/mol. The highest BCUT2D eigenvalue weighted by Crippen LogP contribution is 2.66. The van der Waals surface area contributed by atoms with Gasteiger partial charge in [-0.1, -0.05) is 0 Å². The van der Waals surface area contributed by atoms with Gasteiger partial charge in [0.25, 0.3) is 29.0 Å². The van der Waals surface area contributed by atoms with Crippen molar-refractivity contribution in [3.8, 4) is 0 Å². The number of aromatic nitrogens is 2. The van der Waals surface area contributed by atoms with Gasteiger partial charge in [-0.2, -0.15) is 0 Å². The molecule has 0 radical (unpaired) electrons. The van der Waals surface area contributed by atoms with Gasteiger partial charge in [0.1, 0.15) is 25.9 Å². The van der Waals surface area contributed by atoms with Crippen LogP contribution in [0.3, 0.4) is 0 Å². The average Bonchev–Trinajstić information content (AvgIpc) is 2.97. The van der Waals surface area contributed by atoms with Crippen molar-refractivity contribution >= 4 is 37.0 Å². The highest BCUT2D eigenvalue weighted by atomic mass is 31.3. The van der Waals surface area contributed by atoms with Gasteiger partial charge in [-0.3, -0.25) is 37.1 Å². The molecule has 1 aromatic heterocycles. The maximum Gasteiger partial charge on any atom is 0.330 e. The molecule has 1 aromatic rings. The van der Waals surface area contributed by atoms with Crippen LogP contribution in [0.25, 0.3) is 0 Å². The number of aromatic amines is 1. The molecule has 1 saturated heterocycles. The van der Waals surface area contributed by atoms with Crippen molar-refractivity contribution in [1.82, 2.24) is 9.55 Å². The lowest BCUT2D eigenvalue weighted by Gasteiger charge is -2.36. The summed E-state index contributed by atoms with van der Waals surface area (Å²) < 4.78 is 66.5. The van der Waals surface area contributed by atoms with E-state index in [2.05, 4.69) is 17.5 Å². The van der Waals surface area contributed by atoms with Crippen molar-refractivity contribution in [3.05, 3.63) is 33.1 Å². The SMILES string of the molecule is O=C(O)CCP(=O)([O-])OP(=O)([O-])OP(=O)([O-])OP(=O)([O-])OC[C@H]1O[C@@H](n2ccc(=O)[nH]c2=O)C(O)[C@H]1O. The van der Waals surface area contributed by atoms with E-state index in [1.165, 1.54) is 0 Å². The molecule has 0 amide bonds. The van der Waals surface area contributed by atoms with Gasteiger partial charge in [0, 0.05) is 18.4 Å². The van der Waals surface area contributed by atoms with E-state index in [0.717, 1.165) is 12.3 Å². The third-order valence-electron chi connectivity index (χ3n) is 4.08. The summed E-state index contributed by atoms with van der Waals surface area (Å²) in [6.45, 7) is -1.27. The summed E-state index contributed by atoms with van der Waals surface area (Å²) in [6.07, 6.45) is -8.89. The van der Waals surface area contributed by atoms with Crippen molar-refractivity contribution in [2.24, 2.45) is 0 Å². The van der Waals surface area contributed by atoms with Gasteiger partial charge in [0.15, 0.2) is 6.23 Å². The number of nitrogens with zero attached hydrogens (tertiary/aromatic N) is 1. The molecule has 21 nitrogen and oxygen atoms in total. The Labute approximate surface area is 204 Å². The first-order valence-corrected chi connectivity index (χ1v) is 15.4. The molecule has 0 saturated carbocycles. The Morgan fingerprint density at radius 3 is 2.14 bits per heavy atom. The van der Waals surface area contributed by atoms with Gasteiger partial charge in [0.05, 0.1) is 13.0 Å². The summed E-state index contributed by atoms with van der Waals surface area (Å²) in [5, 5.41) is 28.4. The molecule has 2 heterocycles. The zero-order chi connectivity index (χ0) is 28.4. The number of aliphatic hydroxyl groups is 2. The molecule has 0 spiro atoms. The van der Waals surface area contributed by atoms with E-state index in [1.54, 1.807) is 0 Å². The number of hydrogen-bond acceptors (Lipinski definition) is 18. The van der Waals surface area contributed by atoms with Gasteiger partial charge < -0.3 is 48.7 Å². The molecule has 1 aliphatic rings. The number of rotatable bonds is 13. The summed E-state index contributed by atoms with van der Waals surface area (Å²) in [5.74, 6) is -1.68. The number of phosphoric acid groups is 3. The molecular weight excluding hydrogens is 600 g/mol. The van der Waals surface area contributed by atoms with Crippen LogP contribution in [-0.2, 0) is 45.2 Å². The second kappa shape index (κ2) is 11.8. The summed E-state index contributed by atoms with van der Waals surface area (Å²) >= 11 is 0. The third kappa shape index (κ3) is 9.71. The Hall–Kier alpha value is -1.37. The summed E-state index contributed by atoms with van der Waals surface area (Å²) in [4.78, 5) is 81.5. The molecule has 0 bridgehead atoms. The number of hydrogen-bond donors (Lipinski definition) is 4. The highest BCUT2D eigenvalue weighted by Gasteiger charge is 2.44. The molecule has 25 heteroatoms. The normalized spacial score (nSPS) is 28.5. The van der Waals surface area contributed by atoms with Gasteiger partial charge in [-0.15, -0.1) is 0 Å². The molecular formula is C12H16N2O19P4-4. The van der Waals surface area contributed by atoms with Crippen molar-refractivity contribution in [1.29, 1.82) is 0 Å². The van der Waals surface area contributed by atoms with Crippen LogP contribution in [0.1, 0.15) is 12.6 Å². The van der Waals surface area contributed by atoms with E-state index < -0.39 is 92.0 Å². The monoisotopic (exact) mass is 616 g/mol. The minimum Gasteiger partial charge on any atom is -0.778 e. The van der Waals surface area contributed by atoms with E-state index in [9.17, 15) is 62.4 Å². The molecule has 5 unspecified atom stereocenters. The van der Waals surface area contributed by atoms with Crippen LogP contribution in [0.5, 0.6) is 0 Å². The zero-order valence-electron chi connectivity index (χ0n) is 17.7. The van der Waals surface area contributed by atoms with E-state index in [0.29, 0.717) is 4.57 Å². The topological polar surface area (TPSA) is 339 Å². The standard InChI is InChI=1S/C12H20N2O19P4/c15-7-1-3-14(12(20)13-7)11-10(19)9(18)6(30-11)5-29-35(23,24)32-37(27,28)33-36(25,26)31-34(21,22)4-2-8(16)17/h1,3,6,9-11,18-19H,2,4-5H2,(H,16,17)(H,21,22)(H,23,24)(H,25,26)(H,27,28)(H,13,15,20)/p-4/t6-,9+,10?,11-/m1/s1. The molecule has 212 valence electrons. The van der Waals surface area contributed by atoms with Crippen LogP contribution in [0.4, 0.5) is 0 Å². The fourth-order valence-electron chi connectivity index (χ4n) is 2.61. The minimum absolute atomic E-state index is 0.624. The number of nitrogens with one attached hydrogen (secondary N) is 1. The molecule has 0 aliphatic carbocycles. The number of carboxylic acid groups (broad SMARTS) is 1. The lowest BCUT2D eigenvalue weighted by molar-refractivity contribution is -0.251. The third-order valence-corrected chi connectivity index (χ3v) is 10.3. The van der Waals surface area contributed by atoms with Crippen molar-refractivity contribution in [2.45, 2.75) is 31.0 Å². The van der Waals surface area contributed by atoms with E-state index in [4.69, 9.17) is 9.84 Å². The second-order valence-corrected chi connectivity index (χ2v) is 13.5. The van der Waals surface area contributed by atoms with Crippen LogP contribution >= 0.6 is 31.1 Å². The summed E-state index contributed by atoms with van der Waals surface area (Å²) in [7, 11) is -24.4. The zero-order valence-corrected chi connectivity index (χ0v) is 21.3. The number of aliphatic hydroxyl groups excluding tert-OH is 2. The smallest absolute Gasteiger partial charge is 0.330 e. The Morgan fingerprint density at radius 2 is 1.57 bits per heavy atom. The molecule has 0 aromatic carbocycles. The molecule has 4 N–H and O–H groups in total. The first kappa shape index (κ1) is 31.8. The Kier molecular flexibility index (Phi) is 10.1. The predicted molar refractivity (Wildman–Crippen MR) is 104 cm³/mol. The van der Waals surface area contributed by atoms with Crippen molar-refractivity contribution in [3.63, 3.8) is 0 Å². The molecule has 8 atom stereocenters. The second-order valence-electron chi connectivity index (χ2n) is 6.92. The van der Waals surface area contributed by atoms with Crippen LogP contribution in [0.2, 0.25) is 0 Å². The lowest BCUT2D eigenvalue weighted by atomic mass is 10.1. The van der Waals surface area contributed by atoms with Gasteiger partial charge >= 0.3 is 11.7 Å². The fourth-order valence-corrected chi connectivity index (χ4v) is 7.88. The van der Waals surface area contributed by atoms with Gasteiger partial charge in [-0.25, -0.2) is 13.4 Å². The minimum atomic E-state index is -6.48. The first-order valence-electron chi connectivity index (χ1n) is 9.29.